The van der Waals surface area contributed by atoms with Gasteiger partial charge >= 0.3 is 5.97 Å². The van der Waals surface area contributed by atoms with Crippen LogP contribution in [0.2, 0.25) is 0 Å². The van der Waals surface area contributed by atoms with Gasteiger partial charge in [-0.1, -0.05) is 5.21 Å². The number of ether oxygens (including phenoxy) is 1. The van der Waals surface area contributed by atoms with E-state index in [1.165, 1.54) is 18.4 Å². The molecule has 0 amide bonds. The van der Waals surface area contributed by atoms with Crippen molar-refractivity contribution in [1.29, 1.82) is 0 Å². The maximum absolute atomic E-state index is 11.5. The normalized spacial score (nSPS) is 10.6. The number of rotatable bonds is 5. The molecule has 0 saturated carbocycles. The summed E-state index contributed by atoms with van der Waals surface area (Å²) in [6, 6.07) is 0. The first-order valence-electron chi connectivity index (χ1n) is 5.35. The molecule has 8 heteroatoms. The number of hydrogen-bond donors (Lipinski definition) is 1. The first kappa shape index (κ1) is 12.7. The van der Waals surface area contributed by atoms with Gasteiger partial charge in [-0.25, -0.2) is 14.5 Å². The zero-order valence-corrected chi connectivity index (χ0v) is 10.7. The summed E-state index contributed by atoms with van der Waals surface area (Å²) in [6.45, 7) is 0.895. The van der Waals surface area contributed by atoms with E-state index < -0.39 is 5.97 Å². The Morgan fingerprint density at radius 3 is 3.06 bits per heavy atom. The number of nitrogens with two attached hydrogens (primary N) is 1. The average molecular weight is 267 g/mol. The summed E-state index contributed by atoms with van der Waals surface area (Å²) in [5.74, 6) is -0.496. The second-order valence-electron chi connectivity index (χ2n) is 3.50. The van der Waals surface area contributed by atoms with Crippen LogP contribution in [0, 0.1) is 0 Å². The largest absolute Gasteiger partial charge is 0.464 e. The summed E-state index contributed by atoms with van der Waals surface area (Å²) in [5, 5.41) is 10.6. The van der Waals surface area contributed by atoms with Crippen molar-refractivity contribution >= 4 is 17.3 Å². The lowest BCUT2D eigenvalue weighted by atomic mass is 10.2. The lowest BCUT2D eigenvalue weighted by molar-refractivity contribution is 0.0592. The average Bonchev–Trinajstić information content (AvgIpc) is 3.01. The molecule has 2 N–H and O–H groups in total. The molecule has 2 aromatic heterocycles. The molecule has 0 unspecified atom stereocenters. The highest BCUT2D eigenvalue weighted by Gasteiger charge is 2.20. The van der Waals surface area contributed by atoms with Crippen LogP contribution in [0.1, 0.15) is 21.2 Å². The van der Waals surface area contributed by atoms with Gasteiger partial charge in [0, 0.05) is 18.0 Å². The SMILES string of the molecule is COC(=O)c1nnn(Cc2nccs2)c1CCN. The molecule has 0 bridgehead atoms. The van der Waals surface area contributed by atoms with Gasteiger partial charge in [0.25, 0.3) is 0 Å². The molecule has 0 radical (unpaired) electrons. The van der Waals surface area contributed by atoms with Gasteiger partial charge in [0.05, 0.1) is 19.3 Å². The molecule has 0 aromatic carbocycles. The molecule has 2 aromatic rings. The van der Waals surface area contributed by atoms with Gasteiger partial charge in [-0.15, -0.1) is 16.4 Å². The van der Waals surface area contributed by atoms with Gasteiger partial charge < -0.3 is 10.5 Å². The predicted molar refractivity (Wildman–Crippen MR) is 65.3 cm³/mol. The van der Waals surface area contributed by atoms with Crippen LogP contribution < -0.4 is 5.73 Å². The maximum atomic E-state index is 11.5. The third kappa shape index (κ3) is 2.54. The first-order chi connectivity index (χ1) is 8.76. The Morgan fingerprint density at radius 2 is 2.44 bits per heavy atom. The second kappa shape index (κ2) is 5.69. The minimum absolute atomic E-state index is 0.222. The van der Waals surface area contributed by atoms with E-state index in [-0.39, 0.29) is 5.69 Å². The monoisotopic (exact) mass is 267 g/mol. The molecule has 0 aliphatic heterocycles. The van der Waals surface area contributed by atoms with E-state index in [0.717, 1.165) is 5.01 Å². The van der Waals surface area contributed by atoms with Crippen LogP contribution in [0.3, 0.4) is 0 Å². The van der Waals surface area contributed by atoms with Crippen molar-refractivity contribution in [2.75, 3.05) is 13.7 Å². The number of hydrogen-bond acceptors (Lipinski definition) is 7. The second-order valence-corrected chi connectivity index (χ2v) is 4.48. The highest BCUT2D eigenvalue weighted by molar-refractivity contribution is 7.09. The van der Waals surface area contributed by atoms with E-state index in [1.807, 2.05) is 5.38 Å². The molecule has 2 rings (SSSR count). The number of carbonyl (C=O) groups excluding carboxylic acids is 1. The molecule has 18 heavy (non-hydrogen) atoms. The Bertz CT molecular complexity index is 522. The van der Waals surface area contributed by atoms with E-state index >= 15 is 0 Å². The van der Waals surface area contributed by atoms with E-state index in [1.54, 1.807) is 10.9 Å². The van der Waals surface area contributed by atoms with E-state index in [2.05, 4.69) is 20.0 Å². The summed E-state index contributed by atoms with van der Waals surface area (Å²) in [4.78, 5) is 15.7. The van der Waals surface area contributed by atoms with Crippen molar-refractivity contribution in [3.05, 3.63) is 28.0 Å². The summed E-state index contributed by atoms with van der Waals surface area (Å²) in [6.07, 6.45) is 2.24. The Morgan fingerprint density at radius 1 is 1.61 bits per heavy atom. The number of nitrogens with zero attached hydrogens (tertiary/aromatic N) is 4. The summed E-state index contributed by atoms with van der Waals surface area (Å²) < 4.78 is 6.30. The minimum Gasteiger partial charge on any atom is -0.464 e. The number of carbonyl (C=O) groups is 1. The molecule has 0 aliphatic rings. The lowest BCUT2D eigenvalue weighted by Crippen LogP contribution is -2.14. The van der Waals surface area contributed by atoms with Gasteiger partial charge in [-0.2, -0.15) is 0 Å². The number of methoxy groups -OCH3 is 1. The van der Waals surface area contributed by atoms with Gasteiger partial charge in [0.15, 0.2) is 5.69 Å². The van der Waals surface area contributed by atoms with Crippen molar-refractivity contribution in [3.63, 3.8) is 0 Å². The number of thiazole rings is 1. The van der Waals surface area contributed by atoms with Gasteiger partial charge in [-0.05, 0) is 6.54 Å². The topological polar surface area (TPSA) is 95.9 Å². The third-order valence-corrected chi connectivity index (χ3v) is 3.13. The predicted octanol–water partition coefficient (Wildman–Crippen LogP) is 0.0707. The molecule has 0 saturated heterocycles. The molecule has 0 aliphatic carbocycles. The number of aromatic nitrogens is 4. The van der Waals surface area contributed by atoms with Crippen molar-refractivity contribution in [2.45, 2.75) is 13.0 Å². The smallest absolute Gasteiger partial charge is 0.360 e. The Balaban J connectivity index is 2.29. The molecule has 0 spiro atoms. The standard InChI is InChI=1S/C10H13N5O2S/c1-17-10(16)9-7(2-3-11)15(14-13-9)6-8-12-4-5-18-8/h4-5H,2-3,6,11H2,1H3. The fraction of sp³-hybridized carbons (Fsp3) is 0.400. The quantitative estimate of drug-likeness (QED) is 0.770. The van der Waals surface area contributed by atoms with Crippen LogP contribution in [0.5, 0.6) is 0 Å². The maximum Gasteiger partial charge on any atom is 0.360 e. The Labute approximate surface area is 108 Å². The first-order valence-corrected chi connectivity index (χ1v) is 6.23. The highest BCUT2D eigenvalue weighted by atomic mass is 32.1. The van der Waals surface area contributed by atoms with Crippen LogP contribution >= 0.6 is 11.3 Å². The van der Waals surface area contributed by atoms with E-state index in [0.29, 0.717) is 25.2 Å². The van der Waals surface area contributed by atoms with Gasteiger partial charge in [0.2, 0.25) is 0 Å². The van der Waals surface area contributed by atoms with Crippen LogP contribution in [-0.2, 0) is 17.7 Å². The summed E-state index contributed by atoms with van der Waals surface area (Å²) in [5.41, 5.74) is 6.44. The third-order valence-electron chi connectivity index (χ3n) is 2.37. The zero-order chi connectivity index (χ0) is 13.0. The molecule has 2 heterocycles. The number of esters is 1. The molecule has 0 atom stereocenters. The van der Waals surface area contributed by atoms with Gasteiger partial charge in [-0.3, -0.25) is 0 Å². The Hall–Kier alpha value is -1.80. The van der Waals surface area contributed by atoms with Crippen molar-refractivity contribution in [1.82, 2.24) is 20.0 Å². The fourth-order valence-corrected chi connectivity index (χ4v) is 2.16. The van der Waals surface area contributed by atoms with Crippen LogP contribution in [0.15, 0.2) is 11.6 Å². The minimum atomic E-state index is -0.496. The van der Waals surface area contributed by atoms with Crippen molar-refractivity contribution in [2.24, 2.45) is 5.73 Å². The van der Waals surface area contributed by atoms with Crippen molar-refractivity contribution < 1.29 is 9.53 Å². The molecular formula is C10H13N5O2S. The summed E-state index contributed by atoms with van der Waals surface area (Å²) in [7, 11) is 1.31. The molecular weight excluding hydrogens is 254 g/mol. The van der Waals surface area contributed by atoms with Crippen LogP contribution in [-0.4, -0.2) is 39.6 Å². The Kier molecular flexibility index (Phi) is 4.00. The molecule has 96 valence electrons. The van der Waals surface area contributed by atoms with E-state index in [4.69, 9.17) is 5.73 Å². The molecule has 0 fully saturated rings. The summed E-state index contributed by atoms with van der Waals surface area (Å²) >= 11 is 1.52. The van der Waals surface area contributed by atoms with Crippen LogP contribution in [0.4, 0.5) is 0 Å². The van der Waals surface area contributed by atoms with E-state index in [9.17, 15) is 4.79 Å². The zero-order valence-electron chi connectivity index (χ0n) is 9.87. The lowest BCUT2D eigenvalue weighted by Gasteiger charge is -2.04. The van der Waals surface area contributed by atoms with Crippen LogP contribution in [0.25, 0.3) is 0 Å². The fourth-order valence-electron chi connectivity index (χ4n) is 1.56. The van der Waals surface area contributed by atoms with Gasteiger partial charge in [0.1, 0.15) is 5.01 Å². The van der Waals surface area contributed by atoms with Crippen molar-refractivity contribution in [3.8, 4) is 0 Å². The highest BCUT2D eigenvalue weighted by Crippen LogP contribution is 2.12. The molecule has 7 nitrogen and oxygen atoms in total.